The lowest BCUT2D eigenvalue weighted by Crippen LogP contribution is -2.33. The number of rotatable bonds is 8. The number of benzene rings is 2. The summed E-state index contributed by atoms with van der Waals surface area (Å²) in [6, 6.07) is 15.1. The monoisotopic (exact) mass is 329 g/mol. The van der Waals surface area contributed by atoms with Crippen LogP contribution in [0.5, 0.6) is 11.5 Å². The second-order valence-corrected chi connectivity index (χ2v) is 5.27. The molecule has 0 unspecified atom stereocenters. The van der Waals surface area contributed by atoms with Crippen LogP contribution in [0.1, 0.15) is 15.9 Å². The third-order valence-electron chi connectivity index (χ3n) is 3.71. The molecule has 0 heterocycles. The van der Waals surface area contributed by atoms with E-state index in [1.165, 1.54) is 0 Å². The standard InChI is InChI=1S/C19H23NO4/c1-22-12-11-20(14-15-7-5-4-6-8-15)19(21)17-10-9-16(23-2)13-18(17)24-3/h4-10,13H,11-12,14H2,1-3H3. The largest absolute Gasteiger partial charge is 0.497 e. The van der Waals surface area contributed by atoms with Crippen LogP contribution < -0.4 is 9.47 Å². The SMILES string of the molecule is COCCN(Cc1ccccc1)C(=O)c1ccc(OC)cc1OC. The zero-order valence-corrected chi connectivity index (χ0v) is 14.3. The van der Waals surface area contributed by atoms with Crippen LogP contribution in [-0.2, 0) is 11.3 Å². The lowest BCUT2D eigenvalue weighted by atomic mass is 10.1. The Balaban J connectivity index is 2.26. The van der Waals surface area contributed by atoms with Crippen LogP contribution in [0.15, 0.2) is 48.5 Å². The molecule has 2 aromatic carbocycles. The van der Waals surface area contributed by atoms with Gasteiger partial charge in [0.05, 0.1) is 26.4 Å². The van der Waals surface area contributed by atoms with Gasteiger partial charge in [-0.2, -0.15) is 0 Å². The molecule has 0 saturated carbocycles. The highest BCUT2D eigenvalue weighted by Crippen LogP contribution is 2.26. The summed E-state index contributed by atoms with van der Waals surface area (Å²) in [4.78, 5) is 14.7. The van der Waals surface area contributed by atoms with Gasteiger partial charge in [0.1, 0.15) is 11.5 Å². The Morgan fingerprint density at radius 2 is 1.75 bits per heavy atom. The Kier molecular flexibility index (Phi) is 6.63. The van der Waals surface area contributed by atoms with Gasteiger partial charge in [-0.25, -0.2) is 0 Å². The molecule has 0 aliphatic heterocycles. The Morgan fingerprint density at radius 3 is 2.38 bits per heavy atom. The molecule has 0 bridgehead atoms. The molecule has 0 radical (unpaired) electrons. The van der Waals surface area contributed by atoms with Crippen molar-refractivity contribution < 1.29 is 19.0 Å². The van der Waals surface area contributed by atoms with Gasteiger partial charge in [0.2, 0.25) is 0 Å². The van der Waals surface area contributed by atoms with Gasteiger partial charge in [0.25, 0.3) is 5.91 Å². The van der Waals surface area contributed by atoms with E-state index in [4.69, 9.17) is 14.2 Å². The van der Waals surface area contributed by atoms with Crippen LogP contribution in [0, 0.1) is 0 Å². The Morgan fingerprint density at radius 1 is 1.00 bits per heavy atom. The number of ether oxygens (including phenoxy) is 3. The van der Waals surface area contributed by atoms with Crippen molar-refractivity contribution in [1.82, 2.24) is 4.90 Å². The average Bonchev–Trinajstić information content (AvgIpc) is 2.64. The molecular weight excluding hydrogens is 306 g/mol. The summed E-state index contributed by atoms with van der Waals surface area (Å²) in [6.45, 7) is 1.48. The van der Waals surface area contributed by atoms with E-state index in [9.17, 15) is 4.79 Å². The average molecular weight is 329 g/mol. The third kappa shape index (κ3) is 4.49. The number of hydrogen-bond donors (Lipinski definition) is 0. The summed E-state index contributed by atoms with van der Waals surface area (Å²) >= 11 is 0. The van der Waals surface area contributed by atoms with Gasteiger partial charge >= 0.3 is 0 Å². The highest BCUT2D eigenvalue weighted by atomic mass is 16.5. The molecule has 24 heavy (non-hydrogen) atoms. The van der Waals surface area contributed by atoms with Crippen LogP contribution in [0.25, 0.3) is 0 Å². The molecule has 0 aliphatic carbocycles. The molecular formula is C19H23NO4. The number of nitrogens with zero attached hydrogens (tertiary/aromatic N) is 1. The Bertz CT molecular complexity index is 658. The van der Waals surface area contributed by atoms with Crippen molar-refractivity contribution in [3.05, 3.63) is 59.7 Å². The summed E-state index contributed by atoms with van der Waals surface area (Å²) in [7, 11) is 4.75. The summed E-state index contributed by atoms with van der Waals surface area (Å²) in [5.74, 6) is 1.04. The van der Waals surface area contributed by atoms with Crippen LogP contribution in [0.3, 0.4) is 0 Å². The van der Waals surface area contributed by atoms with Gasteiger partial charge in [0.15, 0.2) is 0 Å². The number of carbonyl (C=O) groups excluding carboxylic acids is 1. The fourth-order valence-corrected chi connectivity index (χ4v) is 2.40. The highest BCUT2D eigenvalue weighted by Gasteiger charge is 2.20. The van der Waals surface area contributed by atoms with E-state index in [-0.39, 0.29) is 5.91 Å². The molecule has 128 valence electrons. The van der Waals surface area contributed by atoms with E-state index in [0.717, 1.165) is 5.56 Å². The molecule has 0 fully saturated rings. The minimum atomic E-state index is -0.101. The minimum absolute atomic E-state index is 0.101. The topological polar surface area (TPSA) is 48.0 Å². The normalized spacial score (nSPS) is 10.3. The molecule has 5 heteroatoms. The minimum Gasteiger partial charge on any atom is -0.497 e. The highest BCUT2D eigenvalue weighted by molar-refractivity contribution is 5.97. The van der Waals surface area contributed by atoms with Gasteiger partial charge < -0.3 is 19.1 Å². The van der Waals surface area contributed by atoms with Gasteiger partial charge in [-0.3, -0.25) is 4.79 Å². The van der Waals surface area contributed by atoms with Crippen molar-refractivity contribution in [1.29, 1.82) is 0 Å². The predicted molar refractivity (Wildman–Crippen MR) is 92.6 cm³/mol. The van der Waals surface area contributed by atoms with Crippen molar-refractivity contribution >= 4 is 5.91 Å². The second-order valence-electron chi connectivity index (χ2n) is 5.27. The summed E-state index contributed by atoms with van der Waals surface area (Å²) in [6.07, 6.45) is 0. The second kappa shape index (κ2) is 8.93. The first kappa shape index (κ1) is 17.8. The summed E-state index contributed by atoms with van der Waals surface area (Å²) in [5, 5.41) is 0. The van der Waals surface area contributed by atoms with Gasteiger partial charge in [-0.1, -0.05) is 30.3 Å². The third-order valence-corrected chi connectivity index (χ3v) is 3.71. The van der Waals surface area contributed by atoms with Crippen molar-refractivity contribution in [2.45, 2.75) is 6.54 Å². The molecule has 0 aromatic heterocycles. The Hall–Kier alpha value is -2.53. The molecule has 0 aliphatic rings. The van der Waals surface area contributed by atoms with Crippen LogP contribution >= 0.6 is 0 Å². The zero-order valence-electron chi connectivity index (χ0n) is 14.3. The summed E-state index contributed by atoms with van der Waals surface area (Å²) in [5.41, 5.74) is 1.57. The first-order valence-electron chi connectivity index (χ1n) is 7.73. The fourth-order valence-electron chi connectivity index (χ4n) is 2.40. The van der Waals surface area contributed by atoms with Crippen molar-refractivity contribution in [3.8, 4) is 11.5 Å². The van der Waals surface area contributed by atoms with Crippen LogP contribution in [0.4, 0.5) is 0 Å². The van der Waals surface area contributed by atoms with Crippen molar-refractivity contribution in [2.24, 2.45) is 0 Å². The van der Waals surface area contributed by atoms with E-state index in [1.807, 2.05) is 30.3 Å². The number of carbonyl (C=O) groups is 1. The van der Waals surface area contributed by atoms with Crippen molar-refractivity contribution in [2.75, 3.05) is 34.5 Å². The molecule has 0 spiro atoms. The molecule has 0 saturated heterocycles. The molecule has 1 amide bonds. The molecule has 5 nitrogen and oxygen atoms in total. The lowest BCUT2D eigenvalue weighted by molar-refractivity contribution is 0.0677. The van der Waals surface area contributed by atoms with Crippen LogP contribution in [-0.4, -0.2) is 45.3 Å². The maximum Gasteiger partial charge on any atom is 0.258 e. The number of methoxy groups -OCH3 is 3. The van der Waals surface area contributed by atoms with Crippen molar-refractivity contribution in [3.63, 3.8) is 0 Å². The van der Waals surface area contributed by atoms with E-state index < -0.39 is 0 Å². The van der Waals surface area contributed by atoms with E-state index in [1.54, 1.807) is 44.4 Å². The molecule has 2 rings (SSSR count). The first-order valence-corrected chi connectivity index (χ1v) is 7.73. The lowest BCUT2D eigenvalue weighted by Gasteiger charge is -2.23. The zero-order chi connectivity index (χ0) is 17.4. The fraction of sp³-hybridized carbons (Fsp3) is 0.316. The maximum atomic E-state index is 13.0. The molecule has 0 atom stereocenters. The number of hydrogen-bond acceptors (Lipinski definition) is 4. The van der Waals surface area contributed by atoms with E-state index >= 15 is 0 Å². The maximum absolute atomic E-state index is 13.0. The summed E-state index contributed by atoms with van der Waals surface area (Å²) < 4.78 is 15.7. The van der Waals surface area contributed by atoms with Gasteiger partial charge in [0, 0.05) is 26.3 Å². The molecule has 0 N–H and O–H groups in total. The van der Waals surface area contributed by atoms with Crippen LogP contribution in [0.2, 0.25) is 0 Å². The predicted octanol–water partition coefficient (Wildman–Crippen LogP) is 2.99. The van der Waals surface area contributed by atoms with Gasteiger partial charge in [-0.15, -0.1) is 0 Å². The van der Waals surface area contributed by atoms with E-state index in [2.05, 4.69) is 0 Å². The van der Waals surface area contributed by atoms with E-state index in [0.29, 0.717) is 36.8 Å². The first-order chi connectivity index (χ1) is 11.7. The van der Waals surface area contributed by atoms with Gasteiger partial charge in [-0.05, 0) is 17.7 Å². The molecule has 2 aromatic rings. The quantitative estimate of drug-likeness (QED) is 0.747. The Labute approximate surface area is 142 Å². The smallest absolute Gasteiger partial charge is 0.258 e. The number of amides is 1.